The third-order valence-electron chi connectivity index (χ3n) is 4.86. The summed E-state index contributed by atoms with van der Waals surface area (Å²) in [4.78, 5) is 14.6. The maximum absolute atomic E-state index is 12.7. The summed E-state index contributed by atoms with van der Waals surface area (Å²) in [5.41, 5.74) is 7.00. The molecule has 0 saturated carbocycles. The van der Waals surface area contributed by atoms with E-state index in [1.54, 1.807) is 0 Å². The molecular weight excluding hydrogens is 264 g/mol. The summed E-state index contributed by atoms with van der Waals surface area (Å²) in [5, 5.41) is 0. The number of hydrogen-bond acceptors (Lipinski definition) is 3. The van der Waals surface area contributed by atoms with Crippen LogP contribution in [-0.2, 0) is 9.53 Å². The Labute approximate surface area is 126 Å². The van der Waals surface area contributed by atoms with E-state index in [1.165, 1.54) is 5.56 Å². The summed E-state index contributed by atoms with van der Waals surface area (Å²) < 4.78 is 5.33. The number of carbonyl (C=O) groups excluding carboxylic acids is 1. The van der Waals surface area contributed by atoms with E-state index in [0.717, 1.165) is 25.9 Å². The molecule has 4 heteroatoms. The molecule has 2 aliphatic rings. The molecule has 2 saturated heterocycles. The average molecular weight is 288 g/mol. The van der Waals surface area contributed by atoms with Crippen LogP contribution in [0.25, 0.3) is 0 Å². The van der Waals surface area contributed by atoms with Gasteiger partial charge in [0.15, 0.2) is 0 Å². The SMILES string of the molecule is NC1(C(=O)N2CCC(c3ccccc3)CC2)CCOCC1. The minimum Gasteiger partial charge on any atom is -0.381 e. The van der Waals surface area contributed by atoms with Crippen molar-refractivity contribution in [1.82, 2.24) is 4.90 Å². The molecule has 2 N–H and O–H groups in total. The largest absolute Gasteiger partial charge is 0.381 e. The number of likely N-dealkylation sites (tertiary alicyclic amines) is 1. The van der Waals surface area contributed by atoms with Crippen LogP contribution in [-0.4, -0.2) is 42.6 Å². The van der Waals surface area contributed by atoms with Gasteiger partial charge in [0.2, 0.25) is 5.91 Å². The Morgan fingerprint density at radius 3 is 2.38 bits per heavy atom. The van der Waals surface area contributed by atoms with Crippen LogP contribution in [0.1, 0.15) is 37.2 Å². The van der Waals surface area contributed by atoms with Crippen LogP contribution in [0.3, 0.4) is 0 Å². The number of carbonyl (C=O) groups is 1. The van der Waals surface area contributed by atoms with Crippen molar-refractivity contribution < 1.29 is 9.53 Å². The number of piperidine rings is 1. The number of amides is 1. The van der Waals surface area contributed by atoms with E-state index in [0.29, 0.717) is 32.0 Å². The topological polar surface area (TPSA) is 55.6 Å². The van der Waals surface area contributed by atoms with Crippen molar-refractivity contribution >= 4 is 5.91 Å². The van der Waals surface area contributed by atoms with Gasteiger partial charge in [0.05, 0.1) is 5.54 Å². The van der Waals surface area contributed by atoms with Crippen molar-refractivity contribution in [3.63, 3.8) is 0 Å². The van der Waals surface area contributed by atoms with Gasteiger partial charge in [-0.1, -0.05) is 30.3 Å². The van der Waals surface area contributed by atoms with Crippen LogP contribution < -0.4 is 5.73 Å². The third-order valence-corrected chi connectivity index (χ3v) is 4.86. The minimum absolute atomic E-state index is 0.123. The minimum atomic E-state index is -0.697. The molecule has 1 aromatic rings. The lowest BCUT2D eigenvalue weighted by atomic mass is 9.86. The summed E-state index contributed by atoms with van der Waals surface area (Å²) in [5.74, 6) is 0.691. The number of nitrogens with two attached hydrogens (primary N) is 1. The van der Waals surface area contributed by atoms with Crippen LogP contribution in [0.5, 0.6) is 0 Å². The Morgan fingerprint density at radius 2 is 1.76 bits per heavy atom. The fraction of sp³-hybridized carbons (Fsp3) is 0.588. The first kappa shape index (κ1) is 14.5. The molecule has 21 heavy (non-hydrogen) atoms. The van der Waals surface area contributed by atoms with Crippen LogP contribution >= 0.6 is 0 Å². The molecule has 0 atom stereocenters. The highest BCUT2D eigenvalue weighted by molar-refractivity contribution is 5.86. The van der Waals surface area contributed by atoms with Crippen molar-refractivity contribution in [3.05, 3.63) is 35.9 Å². The van der Waals surface area contributed by atoms with Crippen LogP contribution in [0.15, 0.2) is 30.3 Å². The van der Waals surface area contributed by atoms with Crippen molar-refractivity contribution in [1.29, 1.82) is 0 Å². The number of rotatable bonds is 2. The van der Waals surface area contributed by atoms with Crippen LogP contribution in [0.2, 0.25) is 0 Å². The van der Waals surface area contributed by atoms with Crippen molar-refractivity contribution in [2.75, 3.05) is 26.3 Å². The number of hydrogen-bond donors (Lipinski definition) is 1. The Balaban J connectivity index is 1.59. The van der Waals surface area contributed by atoms with Crippen molar-refractivity contribution in [3.8, 4) is 0 Å². The molecule has 114 valence electrons. The number of nitrogens with zero attached hydrogens (tertiary/aromatic N) is 1. The Hall–Kier alpha value is -1.39. The summed E-state index contributed by atoms with van der Waals surface area (Å²) in [6, 6.07) is 10.6. The van der Waals surface area contributed by atoms with E-state index >= 15 is 0 Å². The van der Waals surface area contributed by atoms with Crippen LogP contribution in [0.4, 0.5) is 0 Å². The molecule has 0 radical (unpaired) electrons. The zero-order chi connectivity index (χ0) is 14.7. The molecular formula is C17H24N2O2. The molecule has 2 heterocycles. The molecule has 2 fully saturated rings. The standard InChI is InChI=1S/C17H24N2O2/c18-17(8-12-21-13-9-17)16(20)19-10-6-15(7-11-19)14-4-2-1-3-5-14/h1-5,15H,6-13,18H2. The first-order chi connectivity index (χ1) is 10.2. The lowest BCUT2D eigenvalue weighted by Gasteiger charge is -2.40. The summed E-state index contributed by atoms with van der Waals surface area (Å²) in [6.45, 7) is 2.84. The lowest BCUT2D eigenvalue weighted by molar-refractivity contribution is -0.141. The highest BCUT2D eigenvalue weighted by Gasteiger charge is 2.39. The monoisotopic (exact) mass is 288 g/mol. The fourth-order valence-corrected chi connectivity index (χ4v) is 3.41. The first-order valence-electron chi connectivity index (χ1n) is 7.90. The maximum Gasteiger partial charge on any atom is 0.242 e. The van der Waals surface area contributed by atoms with Gasteiger partial charge >= 0.3 is 0 Å². The van der Waals surface area contributed by atoms with Gasteiger partial charge in [-0.3, -0.25) is 4.79 Å². The second-order valence-corrected chi connectivity index (χ2v) is 6.25. The van der Waals surface area contributed by atoms with Gasteiger partial charge < -0.3 is 15.4 Å². The normalized spacial score (nSPS) is 23.0. The zero-order valence-corrected chi connectivity index (χ0v) is 12.5. The third kappa shape index (κ3) is 3.11. The zero-order valence-electron chi connectivity index (χ0n) is 12.5. The predicted octanol–water partition coefficient (Wildman–Crippen LogP) is 1.90. The van der Waals surface area contributed by atoms with Crippen molar-refractivity contribution in [2.45, 2.75) is 37.1 Å². The summed E-state index contributed by atoms with van der Waals surface area (Å²) >= 11 is 0. The Morgan fingerprint density at radius 1 is 1.14 bits per heavy atom. The second-order valence-electron chi connectivity index (χ2n) is 6.25. The number of benzene rings is 1. The van der Waals surface area contributed by atoms with Gasteiger partial charge in [-0.25, -0.2) is 0 Å². The summed E-state index contributed by atoms with van der Waals surface area (Å²) in [7, 11) is 0. The molecule has 2 aliphatic heterocycles. The van der Waals surface area contributed by atoms with E-state index in [9.17, 15) is 4.79 Å². The lowest BCUT2D eigenvalue weighted by Crippen LogP contribution is -2.59. The maximum atomic E-state index is 12.7. The Bertz CT molecular complexity index is 475. The molecule has 1 amide bonds. The van der Waals surface area contributed by atoms with Crippen molar-refractivity contribution in [2.24, 2.45) is 5.73 Å². The molecule has 0 bridgehead atoms. The van der Waals surface area contributed by atoms with Crippen LogP contribution in [0, 0.1) is 0 Å². The van der Waals surface area contributed by atoms with Gasteiger partial charge in [-0.15, -0.1) is 0 Å². The van der Waals surface area contributed by atoms with Gasteiger partial charge in [-0.05, 0) is 37.2 Å². The highest BCUT2D eigenvalue weighted by atomic mass is 16.5. The second kappa shape index (κ2) is 6.16. The van der Waals surface area contributed by atoms with Gasteiger partial charge in [0, 0.05) is 26.3 Å². The molecule has 4 nitrogen and oxygen atoms in total. The molecule has 3 rings (SSSR count). The van der Waals surface area contributed by atoms with E-state index < -0.39 is 5.54 Å². The molecule has 0 aliphatic carbocycles. The van der Waals surface area contributed by atoms with Gasteiger partial charge in [0.1, 0.15) is 0 Å². The van der Waals surface area contributed by atoms with E-state index in [2.05, 4.69) is 24.3 Å². The molecule has 0 unspecified atom stereocenters. The molecule has 0 aromatic heterocycles. The van der Waals surface area contributed by atoms with Gasteiger partial charge in [-0.2, -0.15) is 0 Å². The average Bonchev–Trinajstić information content (AvgIpc) is 2.56. The number of ether oxygens (including phenoxy) is 1. The predicted molar refractivity (Wildman–Crippen MR) is 82.0 cm³/mol. The quantitative estimate of drug-likeness (QED) is 0.904. The highest BCUT2D eigenvalue weighted by Crippen LogP contribution is 2.30. The smallest absolute Gasteiger partial charge is 0.242 e. The molecule has 0 spiro atoms. The summed E-state index contributed by atoms with van der Waals surface area (Å²) in [6.07, 6.45) is 3.35. The first-order valence-corrected chi connectivity index (χ1v) is 7.90. The Kier molecular flexibility index (Phi) is 4.27. The van der Waals surface area contributed by atoms with Gasteiger partial charge in [0.25, 0.3) is 0 Å². The fourth-order valence-electron chi connectivity index (χ4n) is 3.41. The van der Waals surface area contributed by atoms with E-state index in [1.807, 2.05) is 11.0 Å². The van der Waals surface area contributed by atoms with E-state index in [-0.39, 0.29) is 5.91 Å². The van der Waals surface area contributed by atoms with E-state index in [4.69, 9.17) is 10.5 Å². The molecule has 1 aromatic carbocycles.